The zero-order valence-electron chi connectivity index (χ0n) is 24.6. The smallest absolute Gasteiger partial charge is 0.322 e. The van der Waals surface area contributed by atoms with E-state index >= 15 is 0 Å². The Bertz CT molecular complexity index is 1450. The molecule has 3 rings (SSSR count). The lowest BCUT2D eigenvalue weighted by molar-refractivity contribution is -0.138. The van der Waals surface area contributed by atoms with E-state index in [1.54, 1.807) is 7.11 Å². The molecule has 3 aromatic carbocycles. The number of rotatable bonds is 17. The third-order valence-corrected chi connectivity index (χ3v) is 6.85. The lowest BCUT2D eigenvalue weighted by Gasteiger charge is -2.20. The summed E-state index contributed by atoms with van der Waals surface area (Å²) in [5, 5.41) is 20.9. The van der Waals surface area contributed by atoms with Crippen molar-refractivity contribution in [3.05, 3.63) is 77.9 Å². The van der Waals surface area contributed by atoms with Crippen LogP contribution in [0.15, 0.2) is 66.7 Å². The first kappa shape index (κ1) is 33.5. The zero-order chi connectivity index (χ0) is 31.9. The molecule has 0 bridgehead atoms. The largest absolute Gasteiger partial charge is 0.497 e. The highest BCUT2D eigenvalue weighted by molar-refractivity contribution is 5.93. The molecule has 0 aromatic heterocycles. The van der Waals surface area contributed by atoms with Crippen molar-refractivity contribution < 1.29 is 33.8 Å². The van der Waals surface area contributed by atoms with Crippen LogP contribution in [-0.4, -0.2) is 73.5 Å². The predicted octanol–water partition coefficient (Wildman–Crippen LogP) is 1.05. The van der Waals surface area contributed by atoms with E-state index in [1.807, 2.05) is 66.7 Å². The average Bonchev–Trinajstić information content (AvgIpc) is 3.01. The molecule has 0 saturated heterocycles. The Kier molecular flexibility index (Phi) is 13.1. The first-order valence-corrected chi connectivity index (χ1v) is 14.3. The molecule has 3 aromatic rings. The standard InChI is InChI=1S/C32H39N5O7/c1-44-25-13-12-23-15-22(10-11-24(23)18-25)17-28(38)37-27(16-21-7-3-2-4-8-21)32(43)34-19-29(39)36-26(9-5-6-14-33)31(42)35-20-30(40)41/h2-4,7-8,10-13,15,18,26-27H,5-6,9,14,16-17,19-20,33H2,1H3,(H,34,43)(H,35,42)(H,36,39)(H,37,38)(H,40,41). The fraction of sp³-hybridized carbons (Fsp3) is 0.344. The summed E-state index contributed by atoms with van der Waals surface area (Å²) in [6.07, 6.45) is 1.63. The van der Waals surface area contributed by atoms with Gasteiger partial charge in [0.25, 0.3) is 0 Å². The van der Waals surface area contributed by atoms with E-state index in [1.165, 1.54) is 0 Å². The molecule has 2 unspecified atom stereocenters. The quantitative estimate of drug-likeness (QED) is 0.123. The first-order chi connectivity index (χ1) is 21.2. The Balaban J connectivity index is 1.63. The highest BCUT2D eigenvalue weighted by Gasteiger charge is 2.24. The summed E-state index contributed by atoms with van der Waals surface area (Å²) in [5.74, 6) is -2.71. The van der Waals surface area contributed by atoms with E-state index in [9.17, 15) is 24.0 Å². The number of benzene rings is 3. The molecule has 0 fully saturated rings. The summed E-state index contributed by atoms with van der Waals surface area (Å²) in [6.45, 7) is -0.639. The number of carboxylic acids is 1. The molecular formula is C32H39N5O7. The van der Waals surface area contributed by atoms with Gasteiger partial charge >= 0.3 is 5.97 Å². The van der Waals surface area contributed by atoms with Crippen molar-refractivity contribution in [3.8, 4) is 5.75 Å². The summed E-state index contributed by atoms with van der Waals surface area (Å²) >= 11 is 0. The minimum absolute atomic E-state index is 0.0387. The number of carbonyl (C=O) groups excluding carboxylic acids is 4. The molecule has 44 heavy (non-hydrogen) atoms. The van der Waals surface area contributed by atoms with Crippen LogP contribution in [0.5, 0.6) is 5.75 Å². The maximum absolute atomic E-state index is 13.2. The first-order valence-electron chi connectivity index (χ1n) is 14.3. The van der Waals surface area contributed by atoms with Gasteiger partial charge in [-0.2, -0.15) is 0 Å². The third-order valence-electron chi connectivity index (χ3n) is 6.85. The molecular weight excluding hydrogens is 566 g/mol. The molecule has 0 aliphatic rings. The van der Waals surface area contributed by atoms with Crippen LogP contribution in [0.2, 0.25) is 0 Å². The second kappa shape index (κ2) is 17.2. The number of carboxylic acid groups (broad SMARTS) is 1. The normalized spacial score (nSPS) is 12.0. The van der Waals surface area contributed by atoms with Crippen LogP contribution >= 0.6 is 0 Å². The van der Waals surface area contributed by atoms with Crippen molar-refractivity contribution in [1.29, 1.82) is 0 Å². The van der Waals surface area contributed by atoms with Gasteiger partial charge in [0.2, 0.25) is 23.6 Å². The zero-order valence-corrected chi connectivity index (χ0v) is 24.6. The van der Waals surface area contributed by atoms with Gasteiger partial charge in [0.1, 0.15) is 24.4 Å². The van der Waals surface area contributed by atoms with Gasteiger partial charge in [-0.05, 0) is 59.8 Å². The van der Waals surface area contributed by atoms with Gasteiger partial charge in [-0.25, -0.2) is 0 Å². The number of methoxy groups -OCH3 is 1. The second-order valence-electron chi connectivity index (χ2n) is 10.3. The van der Waals surface area contributed by atoms with Crippen LogP contribution in [0.4, 0.5) is 0 Å². The number of amides is 4. The van der Waals surface area contributed by atoms with Gasteiger partial charge < -0.3 is 36.8 Å². The van der Waals surface area contributed by atoms with Gasteiger partial charge in [-0.1, -0.05) is 54.6 Å². The lowest BCUT2D eigenvalue weighted by atomic mass is 10.0. The van der Waals surface area contributed by atoms with Crippen molar-refractivity contribution >= 4 is 40.4 Å². The maximum atomic E-state index is 13.2. The molecule has 0 aliphatic heterocycles. The van der Waals surface area contributed by atoms with Crippen LogP contribution in [0.3, 0.4) is 0 Å². The van der Waals surface area contributed by atoms with E-state index in [0.29, 0.717) is 19.4 Å². The SMILES string of the molecule is COc1ccc2cc(CC(=O)NC(Cc3ccccc3)C(=O)NCC(=O)NC(CCCCN)C(=O)NCC(=O)O)ccc2c1. The van der Waals surface area contributed by atoms with E-state index in [-0.39, 0.29) is 25.2 Å². The van der Waals surface area contributed by atoms with Crippen molar-refractivity contribution in [2.24, 2.45) is 5.73 Å². The van der Waals surface area contributed by atoms with Gasteiger partial charge in [0.05, 0.1) is 20.1 Å². The molecule has 234 valence electrons. The number of ether oxygens (including phenoxy) is 1. The number of nitrogens with one attached hydrogen (secondary N) is 4. The number of nitrogens with two attached hydrogens (primary N) is 1. The Morgan fingerprint density at radius 2 is 1.43 bits per heavy atom. The number of fused-ring (bicyclic) bond motifs is 1. The molecule has 0 radical (unpaired) electrons. The Labute approximate surface area is 255 Å². The number of hydrogen-bond acceptors (Lipinski definition) is 7. The van der Waals surface area contributed by atoms with E-state index < -0.39 is 48.9 Å². The molecule has 12 nitrogen and oxygen atoms in total. The number of unbranched alkanes of at least 4 members (excludes halogenated alkanes) is 1. The Hall–Kier alpha value is -4.97. The van der Waals surface area contributed by atoms with Gasteiger partial charge in [-0.3, -0.25) is 24.0 Å². The fourth-order valence-corrected chi connectivity index (χ4v) is 4.58. The summed E-state index contributed by atoms with van der Waals surface area (Å²) in [5.41, 5.74) is 7.09. The molecule has 2 atom stereocenters. The van der Waals surface area contributed by atoms with Crippen LogP contribution in [0, 0.1) is 0 Å². The van der Waals surface area contributed by atoms with Gasteiger partial charge in [-0.15, -0.1) is 0 Å². The summed E-state index contributed by atoms with van der Waals surface area (Å²) in [4.78, 5) is 62.2. The minimum atomic E-state index is -1.22. The third kappa shape index (κ3) is 11.0. The van der Waals surface area contributed by atoms with E-state index in [4.69, 9.17) is 15.6 Å². The molecule has 0 saturated carbocycles. The molecule has 0 aliphatic carbocycles. The summed E-state index contributed by atoms with van der Waals surface area (Å²) < 4.78 is 5.26. The van der Waals surface area contributed by atoms with Crippen LogP contribution in [0.25, 0.3) is 10.8 Å². The van der Waals surface area contributed by atoms with Crippen molar-refractivity contribution in [3.63, 3.8) is 0 Å². The molecule has 4 amide bonds. The Morgan fingerprint density at radius 1 is 0.773 bits per heavy atom. The predicted molar refractivity (Wildman–Crippen MR) is 165 cm³/mol. The van der Waals surface area contributed by atoms with Crippen LogP contribution < -0.4 is 31.7 Å². The van der Waals surface area contributed by atoms with E-state index in [2.05, 4.69) is 21.3 Å². The minimum Gasteiger partial charge on any atom is -0.497 e. The van der Waals surface area contributed by atoms with Crippen molar-refractivity contribution in [2.45, 2.75) is 44.2 Å². The monoisotopic (exact) mass is 605 g/mol. The topological polar surface area (TPSA) is 189 Å². The molecule has 12 heteroatoms. The number of carbonyl (C=O) groups is 5. The number of aliphatic carboxylic acids is 1. The fourth-order valence-electron chi connectivity index (χ4n) is 4.58. The average molecular weight is 606 g/mol. The maximum Gasteiger partial charge on any atom is 0.322 e. The molecule has 0 heterocycles. The molecule has 0 spiro atoms. The van der Waals surface area contributed by atoms with Crippen molar-refractivity contribution in [2.75, 3.05) is 26.7 Å². The second-order valence-corrected chi connectivity index (χ2v) is 10.3. The molecule has 7 N–H and O–H groups in total. The summed E-state index contributed by atoms with van der Waals surface area (Å²) in [7, 11) is 1.60. The lowest BCUT2D eigenvalue weighted by Crippen LogP contribution is -2.53. The number of hydrogen-bond donors (Lipinski definition) is 6. The van der Waals surface area contributed by atoms with Crippen LogP contribution in [-0.2, 0) is 36.8 Å². The van der Waals surface area contributed by atoms with Gasteiger partial charge in [0, 0.05) is 6.42 Å². The highest BCUT2D eigenvalue weighted by Crippen LogP contribution is 2.22. The summed E-state index contributed by atoms with van der Waals surface area (Å²) in [6, 6.07) is 18.5. The van der Waals surface area contributed by atoms with Crippen molar-refractivity contribution in [1.82, 2.24) is 21.3 Å². The van der Waals surface area contributed by atoms with E-state index in [0.717, 1.165) is 27.6 Å². The highest BCUT2D eigenvalue weighted by atomic mass is 16.5. The Morgan fingerprint density at radius 3 is 2.14 bits per heavy atom. The van der Waals surface area contributed by atoms with Crippen LogP contribution in [0.1, 0.15) is 30.4 Å². The van der Waals surface area contributed by atoms with Gasteiger partial charge in [0.15, 0.2) is 0 Å².